The highest BCUT2D eigenvalue weighted by Gasteiger charge is 2.18. The van der Waals surface area contributed by atoms with E-state index in [9.17, 15) is 4.79 Å². The summed E-state index contributed by atoms with van der Waals surface area (Å²) < 4.78 is 5.85. The van der Waals surface area contributed by atoms with Crippen LogP contribution in [0.5, 0.6) is 5.75 Å². The zero-order valence-corrected chi connectivity index (χ0v) is 13.6. The van der Waals surface area contributed by atoms with Crippen molar-refractivity contribution >= 4 is 5.91 Å². The minimum atomic E-state index is 0.116. The molecule has 2 aromatic carbocycles. The second-order valence-corrected chi connectivity index (χ2v) is 6.16. The van der Waals surface area contributed by atoms with Crippen molar-refractivity contribution in [1.82, 2.24) is 4.90 Å². The fourth-order valence-electron chi connectivity index (χ4n) is 2.97. The molecule has 0 aromatic heterocycles. The van der Waals surface area contributed by atoms with Gasteiger partial charge in [-0.3, -0.25) is 4.79 Å². The van der Waals surface area contributed by atoms with Crippen LogP contribution in [0.15, 0.2) is 48.5 Å². The SMILES string of the molecule is Cc1cccc(COc2cccc(C(=O)N3CCCCC3)c2)c1. The Bertz CT molecular complexity index is 675. The van der Waals surface area contributed by atoms with E-state index in [1.807, 2.05) is 35.2 Å². The average molecular weight is 309 g/mol. The second-order valence-electron chi connectivity index (χ2n) is 6.16. The molecule has 2 aromatic rings. The first-order chi connectivity index (χ1) is 11.2. The van der Waals surface area contributed by atoms with Crippen LogP contribution in [-0.2, 0) is 6.61 Å². The van der Waals surface area contributed by atoms with Gasteiger partial charge in [0.25, 0.3) is 5.91 Å². The van der Waals surface area contributed by atoms with Gasteiger partial charge in [0.1, 0.15) is 12.4 Å². The van der Waals surface area contributed by atoms with Crippen molar-refractivity contribution in [2.75, 3.05) is 13.1 Å². The summed E-state index contributed by atoms with van der Waals surface area (Å²) in [6, 6.07) is 15.8. The van der Waals surface area contributed by atoms with E-state index in [1.54, 1.807) is 0 Å². The number of piperidine rings is 1. The van der Waals surface area contributed by atoms with E-state index in [0.29, 0.717) is 12.2 Å². The smallest absolute Gasteiger partial charge is 0.253 e. The fraction of sp³-hybridized carbons (Fsp3) is 0.350. The molecule has 0 unspecified atom stereocenters. The maximum Gasteiger partial charge on any atom is 0.253 e. The van der Waals surface area contributed by atoms with Crippen LogP contribution in [0.1, 0.15) is 40.7 Å². The van der Waals surface area contributed by atoms with Crippen LogP contribution in [0.2, 0.25) is 0 Å². The molecule has 3 rings (SSSR count). The number of nitrogens with zero attached hydrogens (tertiary/aromatic N) is 1. The molecule has 1 amide bonds. The topological polar surface area (TPSA) is 29.5 Å². The monoisotopic (exact) mass is 309 g/mol. The van der Waals surface area contributed by atoms with Crippen molar-refractivity contribution in [1.29, 1.82) is 0 Å². The molecule has 0 radical (unpaired) electrons. The zero-order valence-electron chi connectivity index (χ0n) is 13.6. The molecular weight excluding hydrogens is 286 g/mol. The number of amides is 1. The number of ether oxygens (including phenoxy) is 1. The van der Waals surface area contributed by atoms with Gasteiger partial charge >= 0.3 is 0 Å². The molecule has 1 heterocycles. The predicted molar refractivity (Wildman–Crippen MR) is 91.7 cm³/mol. The summed E-state index contributed by atoms with van der Waals surface area (Å²) in [5.41, 5.74) is 3.08. The Kier molecular flexibility index (Phi) is 4.96. The van der Waals surface area contributed by atoms with Gasteiger partial charge in [0.15, 0.2) is 0 Å². The molecule has 0 atom stereocenters. The van der Waals surface area contributed by atoms with E-state index < -0.39 is 0 Å². The van der Waals surface area contributed by atoms with Gasteiger partial charge in [-0.1, -0.05) is 35.9 Å². The number of rotatable bonds is 4. The molecule has 0 saturated carbocycles. The number of carbonyl (C=O) groups is 1. The van der Waals surface area contributed by atoms with Gasteiger partial charge in [0.2, 0.25) is 0 Å². The van der Waals surface area contributed by atoms with Crippen LogP contribution in [0.3, 0.4) is 0 Å². The molecule has 120 valence electrons. The number of benzene rings is 2. The molecule has 1 saturated heterocycles. The van der Waals surface area contributed by atoms with E-state index >= 15 is 0 Å². The Morgan fingerprint density at radius 1 is 1.04 bits per heavy atom. The third kappa shape index (κ3) is 4.13. The largest absolute Gasteiger partial charge is 0.489 e. The van der Waals surface area contributed by atoms with Crippen molar-refractivity contribution in [2.24, 2.45) is 0 Å². The second kappa shape index (κ2) is 7.32. The van der Waals surface area contributed by atoms with Gasteiger partial charge in [-0.05, 0) is 49.9 Å². The highest BCUT2D eigenvalue weighted by Crippen LogP contribution is 2.19. The van der Waals surface area contributed by atoms with E-state index in [1.165, 1.54) is 12.0 Å². The van der Waals surface area contributed by atoms with E-state index in [-0.39, 0.29) is 5.91 Å². The van der Waals surface area contributed by atoms with Gasteiger partial charge in [-0.25, -0.2) is 0 Å². The molecule has 0 bridgehead atoms. The first kappa shape index (κ1) is 15.6. The van der Waals surface area contributed by atoms with Crippen molar-refractivity contribution in [3.05, 3.63) is 65.2 Å². The number of likely N-dealkylation sites (tertiary alicyclic amines) is 1. The van der Waals surface area contributed by atoms with Gasteiger partial charge < -0.3 is 9.64 Å². The normalized spacial score (nSPS) is 14.6. The van der Waals surface area contributed by atoms with Crippen molar-refractivity contribution in [3.63, 3.8) is 0 Å². The lowest BCUT2D eigenvalue weighted by atomic mass is 10.1. The summed E-state index contributed by atoms with van der Waals surface area (Å²) in [5, 5.41) is 0. The van der Waals surface area contributed by atoms with Gasteiger partial charge in [0, 0.05) is 18.7 Å². The lowest BCUT2D eigenvalue weighted by Gasteiger charge is -2.26. The summed E-state index contributed by atoms with van der Waals surface area (Å²) in [6.07, 6.45) is 3.44. The van der Waals surface area contributed by atoms with Crippen molar-refractivity contribution in [2.45, 2.75) is 32.8 Å². The molecule has 1 aliphatic heterocycles. The average Bonchev–Trinajstić information content (AvgIpc) is 2.60. The lowest BCUT2D eigenvalue weighted by Crippen LogP contribution is -2.35. The molecule has 0 spiro atoms. The molecule has 3 nitrogen and oxygen atoms in total. The van der Waals surface area contributed by atoms with Crippen LogP contribution in [-0.4, -0.2) is 23.9 Å². The van der Waals surface area contributed by atoms with E-state index in [0.717, 1.165) is 37.2 Å². The fourth-order valence-corrected chi connectivity index (χ4v) is 2.97. The molecular formula is C20H23NO2. The molecule has 1 fully saturated rings. The maximum absolute atomic E-state index is 12.5. The minimum Gasteiger partial charge on any atom is -0.489 e. The number of hydrogen-bond donors (Lipinski definition) is 0. The molecule has 0 aliphatic carbocycles. The highest BCUT2D eigenvalue weighted by atomic mass is 16.5. The minimum absolute atomic E-state index is 0.116. The first-order valence-electron chi connectivity index (χ1n) is 8.30. The summed E-state index contributed by atoms with van der Waals surface area (Å²) in [4.78, 5) is 14.5. The highest BCUT2D eigenvalue weighted by molar-refractivity contribution is 5.94. The number of carbonyl (C=O) groups excluding carboxylic acids is 1. The maximum atomic E-state index is 12.5. The van der Waals surface area contributed by atoms with Gasteiger partial charge in [-0.15, -0.1) is 0 Å². The van der Waals surface area contributed by atoms with Gasteiger partial charge in [-0.2, -0.15) is 0 Å². The molecule has 0 N–H and O–H groups in total. The van der Waals surface area contributed by atoms with Crippen LogP contribution < -0.4 is 4.74 Å². The standard InChI is InChI=1S/C20H23NO2/c1-16-7-5-8-17(13-16)15-23-19-10-6-9-18(14-19)20(22)21-11-3-2-4-12-21/h5-10,13-14H,2-4,11-12,15H2,1H3. The van der Waals surface area contributed by atoms with Crippen LogP contribution in [0.4, 0.5) is 0 Å². The predicted octanol–water partition coefficient (Wildman–Crippen LogP) is 4.20. The third-order valence-electron chi connectivity index (χ3n) is 4.21. The van der Waals surface area contributed by atoms with Crippen LogP contribution in [0.25, 0.3) is 0 Å². The summed E-state index contributed by atoms with van der Waals surface area (Å²) >= 11 is 0. The third-order valence-corrected chi connectivity index (χ3v) is 4.21. The van der Waals surface area contributed by atoms with E-state index in [4.69, 9.17) is 4.74 Å². The Morgan fingerprint density at radius 2 is 1.83 bits per heavy atom. The van der Waals surface area contributed by atoms with Gasteiger partial charge in [0.05, 0.1) is 0 Å². The quantitative estimate of drug-likeness (QED) is 0.847. The molecule has 3 heteroatoms. The molecule has 23 heavy (non-hydrogen) atoms. The lowest BCUT2D eigenvalue weighted by molar-refractivity contribution is 0.0724. The van der Waals surface area contributed by atoms with Crippen LogP contribution in [0, 0.1) is 6.92 Å². The van der Waals surface area contributed by atoms with E-state index in [2.05, 4.69) is 25.1 Å². The number of aryl methyl sites for hydroxylation is 1. The summed E-state index contributed by atoms with van der Waals surface area (Å²) in [5.74, 6) is 0.861. The first-order valence-corrected chi connectivity index (χ1v) is 8.30. The van der Waals surface area contributed by atoms with Crippen LogP contribution >= 0.6 is 0 Å². The van der Waals surface area contributed by atoms with Crippen molar-refractivity contribution < 1.29 is 9.53 Å². The Labute approximate surface area is 137 Å². The Morgan fingerprint density at radius 3 is 2.61 bits per heavy atom. The summed E-state index contributed by atoms with van der Waals surface area (Å²) in [7, 11) is 0. The Hall–Kier alpha value is -2.29. The zero-order chi connectivity index (χ0) is 16.1. The molecule has 1 aliphatic rings. The number of hydrogen-bond acceptors (Lipinski definition) is 2. The Balaban J connectivity index is 1.66. The summed E-state index contributed by atoms with van der Waals surface area (Å²) in [6.45, 7) is 4.32. The van der Waals surface area contributed by atoms with Crippen molar-refractivity contribution in [3.8, 4) is 5.75 Å².